The molecule has 0 aliphatic rings. The molecule has 0 spiro atoms. The molecule has 0 fully saturated rings. The summed E-state index contributed by atoms with van der Waals surface area (Å²) in [6, 6.07) is 9.64. The number of aromatic nitrogens is 2. The third kappa shape index (κ3) is 5.79. The third-order valence-electron chi connectivity index (χ3n) is 3.98. The van der Waals surface area contributed by atoms with Crippen LogP contribution in [0.3, 0.4) is 0 Å². The van der Waals surface area contributed by atoms with Crippen molar-refractivity contribution in [1.29, 1.82) is 0 Å². The fourth-order valence-corrected chi connectivity index (χ4v) is 2.62. The first-order chi connectivity index (χ1) is 12.0. The Balaban J connectivity index is 1.86. The lowest BCUT2D eigenvalue weighted by molar-refractivity contribution is 0.228. The third-order valence-corrected chi connectivity index (χ3v) is 3.98. The molecule has 7 heteroatoms. The Bertz CT molecular complexity index is 640. The van der Waals surface area contributed by atoms with E-state index in [2.05, 4.69) is 20.6 Å². The van der Waals surface area contributed by atoms with Crippen LogP contribution in [0.15, 0.2) is 42.7 Å². The fraction of sp³-hybridized carbons (Fsp3) is 0.444. The van der Waals surface area contributed by atoms with Gasteiger partial charge in [-0.25, -0.2) is 4.79 Å². The molecule has 1 heterocycles. The van der Waals surface area contributed by atoms with E-state index in [-0.39, 0.29) is 18.1 Å². The highest BCUT2D eigenvalue weighted by molar-refractivity contribution is 5.74. The zero-order chi connectivity index (χ0) is 18.2. The van der Waals surface area contributed by atoms with E-state index < -0.39 is 0 Å². The van der Waals surface area contributed by atoms with Gasteiger partial charge >= 0.3 is 6.03 Å². The van der Waals surface area contributed by atoms with Crippen molar-refractivity contribution in [3.63, 3.8) is 0 Å². The van der Waals surface area contributed by atoms with E-state index in [9.17, 15) is 4.79 Å². The van der Waals surface area contributed by atoms with Gasteiger partial charge < -0.3 is 20.3 Å². The van der Waals surface area contributed by atoms with Gasteiger partial charge in [0.2, 0.25) is 0 Å². The number of rotatable bonds is 8. The zero-order valence-corrected chi connectivity index (χ0v) is 15.3. The molecule has 2 aromatic rings. The molecule has 0 radical (unpaired) electrons. The van der Waals surface area contributed by atoms with Crippen LogP contribution >= 0.6 is 0 Å². The number of nitrogens with zero attached hydrogens (tertiary/aromatic N) is 3. The normalized spacial score (nSPS) is 13.3. The largest absolute Gasteiger partial charge is 0.497 e. The minimum atomic E-state index is -0.181. The molecule has 136 valence electrons. The van der Waals surface area contributed by atoms with Gasteiger partial charge in [-0.2, -0.15) is 5.10 Å². The molecule has 25 heavy (non-hydrogen) atoms. The van der Waals surface area contributed by atoms with Crippen molar-refractivity contribution in [2.75, 3.05) is 27.7 Å². The molecule has 0 saturated carbocycles. The van der Waals surface area contributed by atoms with Gasteiger partial charge in [0.15, 0.2) is 0 Å². The van der Waals surface area contributed by atoms with Crippen LogP contribution in [0, 0.1) is 0 Å². The van der Waals surface area contributed by atoms with E-state index in [0.29, 0.717) is 13.1 Å². The van der Waals surface area contributed by atoms with Gasteiger partial charge in [0.1, 0.15) is 5.75 Å². The van der Waals surface area contributed by atoms with E-state index in [1.165, 1.54) is 0 Å². The summed E-state index contributed by atoms with van der Waals surface area (Å²) in [5.41, 5.74) is 1.12. The highest BCUT2D eigenvalue weighted by Gasteiger charge is 2.16. The standard InChI is InChI=1S/C18H27N5O2/c1-14(13-23-11-5-10-20-23)21-18(24)19-12-17(22(2)3)15-6-8-16(25-4)9-7-15/h5-11,14,17H,12-13H2,1-4H3,(H2,19,21,24)/t14-,17-/m0/s1. The van der Waals surface area contributed by atoms with Gasteiger partial charge in [0.25, 0.3) is 0 Å². The van der Waals surface area contributed by atoms with Gasteiger partial charge in [-0.1, -0.05) is 12.1 Å². The van der Waals surface area contributed by atoms with Crippen LogP contribution in [-0.2, 0) is 6.54 Å². The number of likely N-dealkylation sites (N-methyl/N-ethyl adjacent to an activating group) is 1. The maximum Gasteiger partial charge on any atom is 0.315 e. The lowest BCUT2D eigenvalue weighted by atomic mass is 10.1. The molecule has 0 aliphatic carbocycles. The van der Waals surface area contributed by atoms with Crippen molar-refractivity contribution >= 4 is 6.03 Å². The molecule has 7 nitrogen and oxygen atoms in total. The Kier molecular flexibility index (Phi) is 6.82. The maximum atomic E-state index is 12.2. The molecule has 0 unspecified atom stereocenters. The highest BCUT2D eigenvalue weighted by Crippen LogP contribution is 2.20. The topological polar surface area (TPSA) is 71.4 Å². The zero-order valence-electron chi connectivity index (χ0n) is 15.3. The minimum Gasteiger partial charge on any atom is -0.497 e. The maximum absolute atomic E-state index is 12.2. The first-order valence-electron chi connectivity index (χ1n) is 8.31. The quantitative estimate of drug-likeness (QED) is 0.766. The van der Waals surface area contributed by atoms with Crippen molar-refractivity contribution < 1.29 is 9.53 Å². The Hall–Kier alpha value is -2.54. The van der Waals surface area contributed by atoms with E-state index in [4.69, 9.17) is 4.74 Å². The number of carbonyl (C=O) groups is 1. The lowest BCUT2D eigenvalue weighted by Crippen LogP contribution is -2.45. The van der Waals surface area contributed by atoms with Gasteiger partial charge in [-0.05, 0) is 44.8 Å². The van der Waals surface area contributed by atoms with Crippen LogP contribution < -0.4 is 15.4 Å². The predicted molar refractivity (Wildman–Crippen MR) is 97.6 cm³/mol. The van der Waals surface area contributed by atoms with Gasteiger partial charge in [0, 0.05) is 25.0 Å². The average Bonchev–Trinajstić information content (AvgIpc) is 3.08. The van der Waals surface area contributed by atoms with Crippen molar-refractivity contribution in [1.82, 2.24) is 25.3 Å². The van der Waals surface area contributed by atoms with Gasteiger partial charge in [0.05, 0.1) is 19.7 Å². The number of nitrogens with one attached hydrogen (secondary N) is 2. The Labute approximate surface area is 149 Å². The van der Waals surface area contributed by atoms with E-state index >= 15 is 0 Å². The van der Waals surface area contributed by atoms with E-state index in [1.54, 1.807) is 18.0 Å². The summed E-state index contributed by atoms with van der Waals surface area (Å²) in [4.78, 5) is 14.2. The van der Waals surface area contributed by atoms with Crippen molar-refractivity contribution in [3.8, 4) is 5.75 Å². The molecule has 1 aromatic heterocycles. The Morgan fingerprint density at radius 2 is 2.04 bits per heavy atom. The van der Waals surface area contributed by atoms with Crippen LogP contribution in [0.25, 0.3) is 0 Å². The second-order valence-corrected chi connectivity index (χ2v) is 6.24. The van der Waals surface area contributed by atoms with Crippen LogP contribution in [0.4, 0.5) is 4.79 Å². The smallest absolute Gasteiger partial charge is 0.315 e. The van der Waals surface area contributed by atoms with Crippen molar-refractivity contribution in [3.05, 3.63) is 48.3 Å². The van der Waals surface area contributed by atoms with Crippen LogP contribution in [-0.4, -0.2) is 54.5 Å². The first-order valence-corrected chi connectivity index (χ1v) is 8.31. The highest BCUT2D eigenvalue weighted by atomic mass is 16.5. The Morgan fingerprint density at radius 3 is 2.60 bits per heavy atom. The second kappa shape index (κ2) is 9.08. The number of hydrogen-bond acceptors (Lipinski definition) is 4. The van der Waals surface area contributed by atoms with Gasteiger partial charge in [-0.15, -0.1) is 0 Å². The summed E-state index contributed by atoms with van der Waals surface area (Å²) in [6.45, 7) is 3.10. The number of urea groups is 1. The molecule has 2 atom stereocenters. The SMILES string of the molecule is COc1ccc([C@H](CNC(=O)N[C@@H](C)Cn2cccn2)N(C)C)cc1. The molecular formula is C18H27N5O2. The van der Waals surface area contributed by atoms with Crippen LogP contribution in [0.5, 0.6) is 5.75 Å². The average molecular weight is 345 g/mol. The molecule has 0 saturated heterocycles. The Morgan fingerprint density at radius 1 is 1.32 bits per heavy atom. The lowest BCUT2D eigenvalue weighted by Gasteiger charge is -2.25. The summed E-state index contributed by atoms with van der Waals surface area (Å²) in [5.74, 6) is 0.819. The summed E-state index contributed by atoms with van der Waals surface area (Å²) >= 11 is 0. The number of carbonyl (C=O) groups excluding carboxylic acids is 1. The number of amides is 2. The molecule has 0 aliphatic heterocycles. The van der Waals surface area contributed by atoms with Crippen molar-refractivity contribution in [2.45, 2.75) is 25.6 Å². The number of hydrogen-bond donors (Lipinski definition) is 2. The molecular weight excluding hydrogens is 318 g/mol. The van der Waals surface area contributed by atoms with Crippen molar-refractivity contribution in [2.24, 2.45) is 0 Å². The first kappa shape index (κ1) is 18.8. The molecule has 2 rings (SSSR count). The van der Waals surface area contributed by atoms with Crippen LogP contribution in [0.2, 0.25) is 0 Å². The number of methoxy groups -OCH3 is 1. The second-order valence-electron chi connectivity index (χ2n) is 6.24. The summed E-state index contributed by atoms with van der Waals surface area (Å²) < 4.78 is 6.99. The summed E-state index contributed by atoms with van der Waals surface area (Å²) in [5, 5.41) is 10.0. The number of benzene rings is 1. The monoisotopic (exact) mass is 345 g/mol. The molecule has 2 N–H and O–H groups in total. The predicted octanol–water partition coefficient (Wildman–Crippen LogP) is 1.88. The number of ether oxygens (including phenoxy) is 1. The summed E-state index contributed by atoms with van der Waals surface area (Å²) in [7, 11) is 5.64. The summed E-state index contributed by atoms with van der Waals surface area (Å²) in [6.07, 6.45) is 3.60. The molecule has 0 bridgehead atoms. The minimum absolute atomic E-state index is 0.0151. The molecule has 2 amide bonds. The van der Waals surface area contributed by atoms with Crippen LogP contribution in [0.1, 0.15) is 18.5 Å². The van der Waals surface area contributed by atoms with Gasteiger partial charge in [-0.3, -0.25) is 4.68 Å². The van der Waals surface area contributed by atoms with E-state index in [1.807, 2.05) is 57.5 Å². The molecule has 1 aromatic carbocycles. The fourth-order valence-electron chi connectivity index (χ4n) is 2.62. The van der Waals surface area contributed by atoms with E-state index in [0.717, 1.165) is 11.3 Å².